The monoisotopic (exact) mass is 372 g/mol. The first-order valence-corrected chi connectivity index (χ1v) is 9.36. The first-order valence-electron chi connectivity index (χ1n) is 8.84. The standard InChI is InChI=1S/C23H18FN2P/c1-25-22-12-10-17(16-6-4-7-18(13-16)26(24)27)14-21(22)20-11-9-15-5-2-3-8-19(15)23(20)25/h2-14H,27H2,1H3. The number of halogens is 1. The highest BCUT2D eigenvalue weighted by Gasteiger charge is 2.12. The Kier molecular flexibility index (Phi) is 3.66. The molecule has 0 spiro atoms. The molecule has 132 valence electrons. The number of aromatic nitrogens is 1. The number of hydrogen-bond acceptors (Lipinski definition) is 1. The molecule has 0 radical (unpaired) electrons. The second-order valence-electron chi connectivity index (χ2n) is 6.84. The fraction of sp³-hybridized carbons (Fsp3) is 0.0435. The van der Waals surface area contributed by atoms with Gasteiger partial charge in [0.05, 0.1) is 11.2 Å². The molecule has 4 heteroatoms. The van der Waals surface area contributed by atoms with Gasteiger partial charge in [0.25, 0.3) is 0 Å². The minimum absolute atomic E-state index is 0.515. The number of aryl methyl sites for hydroxylation is 1. The number of benzene rings is 4. The molecular formula is C23H18FN2P. The van der Waals surface area contributed by atoms with E-state index in [1.165, 1.54) is 32.6 Å². The van der Waals surface area contributed by atoms with Crippen molar-refractivity contribution in [1.82, 2.24) is 4.57 Å². The van der Waals surface area contributed by atoms with Gasteiger partial charge >= 0.3 is 0 Å². The van der Waals surface area contributed by atoms with E-state index < -0.39 is 0 Å². The Labute approximate surface area is 159 Å². The lowest BCUT2D eigenvalue weighted by Gasteiger charge is -2.09. The van der Waals surface area contributed by atoms with Gasteiger partial charge in [-0.25, -0.2) is 0 Å². The molecule has 0 aliphatic carbocycles. The summed E-state index contributed by atoms with van der Waals surface area (Å²) in [5, 5.41) is 4.95. The first-order chi connectivity index (χ1) is 13.1. The molecule has 1 atom stereocenters. The number of anilines is 1. The lowest BCUT2D eigenvalue weighted by Crippen LogP contribution is -1.92. The van der Waals surface area contributed by atoms with Crippen LogP contribution in [-0.2, 0) is 7.05 Å². The zero-order valence-electron chi connectivity index (χ0n) is 14.9. The zero-order valence-corrected chi connectivity index (χ0v) is 16.0. The van der Waals surface area contributed by atoms with E-state index in [-0.39, 0.29) is 0 Å². The van der Waals surface area contributed by atoms with Crippen molar-refractivity contribution in [2.75, 3.05) is 4.89 Å². The maximum absolute atomic E-state index is 13.5. The van der Waals surface area contributed by atoms with Crippen LogP contribution in [0.25, 0.3) is 43.7 Å². The Hall–Kier alpha value is -2.90. The van der Waals surface area contributed by atoms with Crippen LogP contribution in [0.3, 0.4) is 0 Å². The van der Waals surface area contributed by atoms with Crippen LogP contribution >= 0.6 is 9.39 Å². The molecule has 0 bridgehead atoms. The van der Waals surface area contributed by atoms with Gasteiger partial charge < -0.3 is 4.57 Å². The van der Waals surface area contributed by atoms with Gasteiger partial charge in [-0.2, -0.15) is 4.89 Å². The molecule has 4 aromatic carbocycles. The van der Waals surface area contributed by atoms with Crippen LogP contribution in [-0.4, -0.2) is 4.57 Å². The molecule has 0 saturated carbocycles. The van der Waals surface area contributed by atoms with Gasteiger partial charge in [-0.1, -0.05) is 59.1 Å². The van der Waals surface area contributed by atoms with Crippen molar-refractivity contribution in [1.29, 1.82) is 0 Å². The fourth-order valence-electron chi connectivity index (χ4n) is 4.00. The van der Waals surface area contributed by atoms with Gasteiger partial charge in [-0.15, -0.1) is 0 Å². The molecule has 27 heavy (non-hydrogen) atoms. The lowest BCUT2D eigenvalue weighted by atomic mass is 10.0. The molecule has 5 rings (SSSR count). The maximum atomic E-state index is 13.5. The largest absolute Gasteiger partial charge is 0.343 e. The topological polar surface area (TPSA) is 8.17 Å². The highest BCUT2D eigenvalue weighted by molar-refractivity contribution is 7.18. The predicted molar refractivity (Wildman–Crippen MR) is 117 cm³/mol. The third-order valence-electron chi connectivity index (χ3n) is 5.31. The minimum Gasteiger partial charge on any atom is -0.343 e. The highest BCUT2D eigenvalue weighted by atomic mass is 31.0. The molecule has 0 saturated heterocycles. The Morgan fingerprint density at radius 3 is 2.44 bits per heavy atom. The summed E-state index contributed by atoms with van der Waals surface area (Å²) in [5.41, 5.74) is 5.03. The Balaban J connectivity index is 1.80. The van der Waals surface area contributed by atoms with Crippen LogP contribution in [0.1, 0.15) is 0 Å². The van der Waals surface area contributed by atoms with Crippen molar-refractivity contribution in [3.8, 4) is 11.1 Å². The van der Waals surface area contributed by atoms with Gasteiger partial charge in [0, 0.05) is 28.7 Å². The molecule has 1 unspecified atom stereocenters. The van der Waals surface area contributed by atoms with E-state index in [9.17, 15) is 4.48 Å². The van der Waals surface area contributed by atoms with Crippen LogP contribution in [0.15, 0.2) is 78.9 Å². The van der Waals surface area contributed by atoms with Crippen molar-refractivity contribution in [2.24, 2.45) is 7.05 Å². The van der Waals surface area contributed by atoms with Crippen molar-refractivity contribution >= 4 is 47.7 Å². The number of fused-ring (bicyclic) bond motifs is 5. The van der Waals surface area contributed by atoms with Crippen molar-refractivity contribution in [3.05, 3.63) is 78.9 Å². The molecule has 0 N–H and O–H groups in total. The summed E-state index contributed by atoms with van der Waals surface area (Å²) < 4.78 is 15.8. The molecule has 0 aliphatic rings. The second kappa shape index (κ2) is 6.07. The minimum atomic E-state index is 0.515. The molecule has 5 aromatic rings. The quantitative estimate of drug-likeness (QED) is 0.249. The number of nitrogens with zero attached hydrogens (tertiary/aromatic N) is 2. The summed E-state index contributed by atoms with van der Waals surface area (Å²) in [6, 6.07) is 26.8. The highest BCUT2D eigenvalue weighted by Crippen LogP contribution is 2.36. The zero-order chi connectivity index (χ0) is 18.5. The van der Waals surface area contributed by atoms with E-state index in [1.54, 1.807) is 6.07 Å². The van der Waals surface area contributed by atoms with Crippen molar-refractivity contribution in [2.45, 2.75) is 0 Å². The van der Waals surface area contributed by atoms with Crippen LogP contribution in [0.4, 0.5) is 10.2 Å². The van der Waals surface area contributed by atoms with Crippen molar-refractivity contribution < 1.29 is 4.48 Å². The Morgan fingerprint density at radius 2 is 1.59 bits per heavy atom. The van der Waals surface area contributed by atoms with Gasteiger partial charge in [0.15, 0.2) is 0 Å². The average Bonchev–Trinajstić information content (AvgIpc) is 3.00. The summed E-state index contributed by atoms with van der Waals surface area (Å²) in [4.78, 5) is 0.562. The second-order valence-corrected chi connectivity index (χ2v) is 7.29. The van der Waals surface area contributed by atoms with Gasteiger partial charge in [-0.3, -0.25) is 0 Å². The molecule has 1 aromatic heterocycles. The normalized spacial score (nSPS) is 11.5. The van der Waals surface area contributed by atoms with Crippen molar-refractivity contribution in [3.63, 3.8) is 0 Å². The van der Waals surface area contributed by atoms with E-state index in [4.69, 9.17) is 0 Å². The lowest BCUT2D eigenvalue weighted by molar-refractivity contribution is 0.547. The summed E-state index contributed by atoms with van der Waals surface area (Å²) in [6.45, 7) is 0. The van der Waals surface area contributed by atoms with Crippen LogP contribution in [0.5, 0.6) is 0 Å². The van der Waals surface area contributed by atoms with Crippen LogP contribution < -0.4 is 4.89 Å². The van der Waals surface area contributed by atoms with E-state index in [1.807, 2.05) is 18.2 Å². The van der Waals surface area contributed by atoms with Gasteiger partial charge in [0.1, 0.15) is 0 Å². The molecule has 2 nitrogen and oxygen atoms in total. The summed E-state index contributed by atoms with van der Waals surface area (Å²) in [7, 11) is 4.17. The third-order valence-corrected chi connectivity index (χ3v) is 5.61. The maximum Gasteiger partial charge on any atom is 0.0728 e. The Bertz CT molecular complexity index is 1320. The predicted octanol–water partition coefficient (Wildman–Crippen LogP) is 6.63. The molecule has 0 amide bonds. The van der Waals surface area contributed by atoms with Gasteiger partial charge in [0.2, 0.25) is 0 Å². The van der Waals surface area contributed by atoms with E-state index in [2.05, 4.69) is 75.6 Å². The van der Waals surface area contributed by atoms with Crippen LogP contribution in [0, 0.1) is 0 Å². The smallest absolute Gasteiger partial charge is 0.0728 e. The van der Waals surface area contributed by atoms with E-state index in [0.717, 1.165) is 11.1 Å². The van der Waals surface area contributed by atoms with Gasteiger partial charge in [-0.05, 0) is 50.2 Å². The molecular weight excluding hydrogens is 354 g/mol. The number of hydrogen-bond donors (Lipinski definition) is 0. The molecule has 1 heterocycles. The number of rotatable bonds is 2. The Morgan fingerprint density at radius 1 is 0.778 bits per heavy atom. The molecule has 0 aliphatic heterocycles. The molecule has 0 fully saturated rings. The fourth-order valence-corrected chi connectivity index (χ4v) is 4.16. The average molecular weight is 372 g/mol. The summed E-state index contributed by atoms with van der Waals surface area (Å²) in [5.74, 6) is 0. The SMILES string of the molecule is Cn1c2ccc(-c3cccc(N(F)P)c3)cc2c2ccc3ccccc3c21. The summed E-state index contributed by atoms with van der Waals surface area (Å²) in [6.07, 6.45) is 0. The van der Waals surface area contributed by atoms with Crippen LogP contribution in [0.2, 0.25) is 0 Å². The van der Waals surface area contributed by atoms with E-state index >= 15 is 0 Å². The summed E-state index contributed by atoms with van der Waals surface area (Å²) >= 11 is 0. The third kappa shape index (κ3) is 2.50. The first kappa shape index (κ1) is 16.3. The van der Waals surface area contributed by atoms with E-state index in [0.29, 0.717) is 10.6 Å².